The Kier molecular flexibility index (Phi) is 8.72. The van der Waals surface area contributed by atoms with Gasteiger partial charge in [-0.3, -0.25) is 14.0 Å². The first kappa shape index (κ1) is 29.7. The van der Waals surface area contributed by atoms with Gasteiger partial charge in [-0.15, -0.1) is 0 Å². The van der Waals surface area contributed by atoms with E-state index in [0.717, 1.165) is 16.8 Å². The molecule has 2 aromatic heterocycles. The van der Waals surface area contributed by atoms with Crippen molar-refractivity contribution in [2.45, 2.75) is 49.3 Å². The molecule has 0 saturated heterocycles. The number of rotatable bonds is 10. The van der Waals surface area contributed by atoms with Crippen LogP contribution in [0.25, 0.3) is 11.1 Å². The van der Waals surface area contributed by atoms with Crippen molar-refractivity contribution in [1.82, 2.24) is 19.3 Å². The maximum Gasteiger partial charge on any atom is 0.296 e. The van der Waals surface area contributed by atoms with E-state index in [1.807, 2.05) is 13.1 Å². The lowest BCUT2D eigenvalue weighted by atomic mass is 10.0. The van der Waals surface area contributed by atoms with Gasteiger partial charge in [-0.2, -0.15) is 15.3 Å². The Morgan fingerprint density at radius 3 is 2.44 bits per heavy atom. The van der Waals surface area contributed by atoms with E-state index in [1.54, 1.807) is 62.0 Å². The minimum absolute atomic E-state index is 0.00645. The molecule has 2 heterocycles. The number of hydrogen-bond acceptors (Lipinski definition) is 9. The van der Waals surface area contributed by atoms with Crippen LogP contribution in [-0.2, 0) is 33.0 Å². The predicted octanol–water partition coefficient (Wildman–Crippen LogP) is 3.52. The average molecular weight is 578 g/mol. The fourth-order valence-electron chi connectivity index (χ4n) is 4.56. The Balaban J connectivity index is 1.90. The molecule has 0 fully saturated rings. The Morgan fingerprint density at radius 1 is 1.15 bits per heavy atom. The van der Waals surface area contributed by atoms with Crippen LogP contribution in [0.4, 0.5) is 0 Å². The number of aromatic hydroxyl groups is 1. The molecule has 0 radical (unpaired) electrons. The van der Waals surface area contributed by atoms with Crippen molar-refractivity contribution in [1.29, 1.82) is 5.26 Å². The number of nitriles is 1. The lowest BCUT2D eigenvalue weighted by Gasteiger charge is -2.26. The number of nitrogens with zero attached hydrogens (tertiary/aromatic N) is 5. The van der Waals surface area contributed by atoms with Crippen molar-refractivity contribution < 1.29 is 23.0 Å². The van der Waals surface area contributed by atoms with Gasteiger partial charge in [-0.1, -0.05) is 24.3 Å². The summed E-state index contributed by atoms with van der Waals surface area (Å²) in [4.78, 5) is 16.2. The molecule has 214 valence electrons. The molecule has 4 aromatic rings. The molecule has 0 aliphatic carbocycles. The van der Waals surface area contributed by atoms with E-state index in [9.17, 15) is 23.6 Å². The van der Waals surface area contributed by atoms with Crippen LogP contribution in [-0.4, -0.2) is 52.7 Å². The van der Waals surface area contributed by atoms with Crippen LogP contribution >= 0.6 is 0 Å². The standard InChI is InChI=1S/C29H31N5O6S/c1-18(2)40-17-26-31-28(35)27(29(36)34(26)25(16-39-5)22-8-6-7-20(13-22)14-30)41(37,38)23-11-9-21(10-12-23)24-15-33(4)32-19(24)3/h6-13,15,18,25,36H,16-17H2,1-5H3. The molecule has 41 heavy (non-hydrogen) atoms. The van der Waals surface area contributed by atoms with E-state index in [-0.39, 0.29) is 30.0 Å². The van der Waals surface area contributed by atoms with Gasteiger partial charge in [0, 0.05) is 25.9 Å². The summed E-state index contributed by atoms with van der Waals surface area (Å²) in [5, 5.41) is 25.3. The smallest absolute Gasteiger partial charge is 0.296 e. The van der Waals surface area contributed by atoms with Crippen molar-refractivity contribution in [3.8, 4) is 23.1 Å². The molecule has 0 aliphatic rings. The zero-order chi connectivity index (χ0) is 29.9. The van der Waals surface area contributed by atoms with Crippen molar-refractivity contribution in [2.24, 2.45) is 7.05 Å². The van der Waals surface area contributed by atoms with Gasteiger partial charge in [-0.05, 0) is 56.2 Å². The first-order chi connectivity index (χ1) is 19.5. The minimum atomic E-state index is -4.52. The number of methoxy groups -OCH3 is 1. The van der Waals surface area contributed by atoms with Gasteiger partial charge in [0.25, 0.3) is 5.56 Å². The third-order valence-corrected chi connectivity index (χ3v) is 8.26. The molecule has 1 atom stereocenters. The first-order valence-electron chi connectivity index (χ1n) is 12.8. The van der Waals surface area contributed by atoms with E-state index < -0.39 is 32.2 Å². The molecule has 0 bridgehead atoms. The van der Waals surface area contributed by atoms with Crippen LogP contribution < -0.4 is 5.56 Å². The molecule has 1 N–H and O–H groups in total. The highest BCUT2D eigenvalue weighted by molar-refractivity contribution is 7.91. The quantitative estimate of drug-likeness (QED) is 0.299. The summed E-state index contributed by atoms with van der Waals surface area (Å²) in [6.07, 6.45) is 1.58. The van der Waals surface area contributed by atoms with Gasteiger partial charge in [0.15, 0.2) is 4.90 Å². The highest BCUT2D eigenvalue weighted by Crippen LogP contribution is 2.33. The fraction of sp³-hybridized carbons (Fsp3) is 0.310. The SMILES string of the molecule is COCC(c1cccc(C#N)c1)n1c(COC(C)C)nc(=O)c(S(=O)(=O)c2ccc(-c3cn(C)nc3C)cc2)c1O. The third kappa shape index (κ3) is 6.07. The van der Waals surface area contributed by atoms with Crippen molar-refractivity contribution in [3.05, 3.63) is 87.7 Å². The molecule has 0 aliphatic heterocycles. The maximum absolute atomic E-state index is 13.8. The summed E-state index contributed by atoms with van der Waals surface area (Å²) in [5.74, 6) is -0.795. The molecule has 0 amide bonds. The Bertz CT molecular complexity index is 1770. The molecule has 4 rings (SSSR count). The van der Waals surface area contributed by atoms with Gasteiger partial charge in [0.05, 0.1) is 41.0 Å². The second-order valence-electron chi connectivity index (χ2n) is 9.75. The van der Waals surface area contributed by atoms with Crippen LogP contribution in [0.15, 0.2) is 69.3 Å². The van der Waals surface area contributed by atoms with Gasteiger partial charge >= 0.3 is 0 Å². The largest absolute Gasteiger partial charge is 0.493 e. The van der Waals surface area contributed by atoms with Gasteiger partial charge in [0.1, 0.15) is 12.4 Å². The Morgan fingerprint density at radius 2 is 1.85 bits per heavy atom. The second kappa shape index (κ2) is 12.1. The number of sulfone groups is 1. The van der Waals surface area contributed by atoms with Crippen LogP contribution in [0.3, 0.4) is 0 Å². The molecular weight excluding hydrogens is 546 g/mol. The minimum Gasteiger partial charge on any atom is -0.493 e. The van der Waals surface area contributed by atoms with E-state index in [1.165, 1.54) is 23.8 Å². The lowest BCUT2D eigenvalue weighted by molar-refractivity contribution is 0.0554. The Hall–Kier alpha value is -4.31. The predicted molar refractivity (Wildman–Crippen MR) is 150 cm³/mol. The fourth-order valence-corrected chi connectivity index (χ4v) is 5.91. The van der Waals surface area contributed by atoms with Crippen LogP contribution in [0.2, 0.25) is 0 Å². The molecule has 11 nitrogen and oxygen atoms in total. The van der Waals surface area contributed by atoms with Gasteiger partial charge in [-0.25, -0.2) is 8.42 Å². The summed E-state index contributed by atoms with van der Waals surface area (Å²) in [6, 6.07) is 13.8. The van der Waals surface area contributed by atoms with E-state index in [4.69, 9.17) is 9.47 Å². The third-order valence-electron chi connectivity index (χ3n) is 6.47. The molecule has 12 heteroatoms. The highest BCUT2D eigenvalue weighted by Gasteiger charge is 2.32. The maximum atomic E-state index is 13.8. The van der Waals surface area contributed by atoms with Crippen LogP contribution in [0.1, 0.15) is 42.5 Å². The summed E-state index contributed by atoms with van der Waals surface area (Å²) in [6.45, 7) is 5.22. The zero-order valence-corrected chi connectivity index (χ0v) is 24.2. The number of aryl methyl sites for hydroxylation is 2. The number of benzene rings is 2. The second-order valence-corrected chi connectivity index (χ2v) is 11.6. The normalized spacial score (nSPS) is 12.4. The molecular formula is C29H31N5O6S. The monoisotopic (exact) mass is 577 g/mol. The summed E-state index contributed by atoms with van der Waals surface area (Å²) in [7, 11) is -1.28. The van der Waals surface area contributed by atoms with Crippen LogP contribution in [0.5, 0.6) is 5.88 Å². The lowest BCUT2D eigenvalue weighted by Crippen LogP contribution is -2.29. The van der Waals surface area contributed by atoms with E-state index in [0.29, 0.717) is 11.1 Å². The molecule has 0 spiro atoms. The summed E-state index contributed by atoms with van der Waals surface area (Å²) < 4.78 is 41.6. The van der Waals surface area contributed by atoms with E-state index >= 15 is 0 Å². The number of aromatic nitrogens is 4. The summed E-state index contributed by atoms with van der Waals surface area (Å²) >= 11 is 0. The average Bonchev–Trinajstić information content (AvgIpc) is 3.28. The van der Waals surface area contributed by atoms with Gasteiger partial charge in [0.2, 0.25) is 15.7 Å². The number of hydrogen-bond donors (Lipinski definition) is 1. The van der Waals surface area contributed by atoms with E-state index in [2.05, 4.69) is 16.2 Å². The zero-order valence-electron chi connectivity index (χ0n) is 23.4. The topological polar surface area (TPSA) is 149 Å². The van der Waals surface area contributed by atoms with Crippen molar-refractivity contribution in [2.75, 3.05) is 13.7 Å². The van der Waals surface area contributed by atoms with Crippen molar-refractivity contribution >= 4 is 9.84 Å². The van der Waals surface area contributed by atoms with Crippen molar-refractivity contribution in [3.63, 3.8) is 0 Å². The Labute approximate surface area is 238 Å². The number of ether oxygens (including phenoxy) is 2. The van der Waals surface area contributed by atoms with Crippen LogP contribution in [0, 0.1) is 18.3 Å². The molecule has 1 unspecified atom stereocenters. The first-order valence-corrected chi connectivity index (χ1v) is 14.3. The van der Waals surface area contributed by atoms with Gasteiger partial charge < -0.3 is 14.6 Å². The highest BCUT2D eigenvalue weighted by atomic mass is 32.2. The molecule has 2 aromatic carbocycles. The molecule has 0 saturated carbocycles. The summed E-state index contributed by atoms with van der Waals surface area (Å²) in [5.41, 5.74) is 2.13.